The highest BCUT2D eigenvalue weighted by Gasteiger charge is 2.13. The summed E-state index contributed by atoms with van der Waals surface area (Å²) in [6.07, 6.45) is 3.45. The van der Waals surface area contributed by atoms with Crippen molar-refractivity contribution in [3.63, 3.8) is 0 Å². The van der Waals surface area contributed by atoms with Crippen LogP contribution in [0.4, 0.5) is 5.69 Å². The molecule has 4 heteroatoms. The van der Waals surface area contributed by atoms with Gasteiger partial charge in [-0.3, -0.25) is 4.98 Å². The molecule has 1 heterocycles. The zero-order valence-electron chi connectivity index (χ0n) is 10.9. The van der Waals surface area contributed by atoms with E-state index in [1.165, 1.54) is 0 Å². The van der Waals surface area contributed by atoms with E-state index in [0.29, 0.717) is 11.3 Å². The Labute approximate surface area is 112 Å². The summed E-state index contributed by atoms with van der Waals surface area (Å²) in [5.41, 5.74) is 2.91. The van der Waals surface area contributed by atoms with Gasteiger partial charge in [-0.15, -0.1) is 0 Å². The van der Waals surface area contributed by atoms with E-state index in [0.717, 1.165) is 11.1 Å². The summed E-state index contributed by atoms with van der Waals surface area (Å²) in [5.74, 6) is -0.923. The van der Waals surface area contributed by atoms with E-state index >= 15 is 0 Å². The molecule has 0 fully saturated rings. The van der Waals surface area contributed by atoms with Crippen LogP contribution in [0.2, 0.25) is 0 Å². The molecule has 0 saturated heterocycles. The predicted molar refractivity (Wildman–Crippen MR) is 74.4 cm³/mol. The number of carbonyl (C=O) groups is 1. The smallest absolute Gasteiger partial charge is 0.337 e. The zero-order chi connectivity index (χ0) is 13.8. The molecule has 1 aromatic heterocycles. The summed E-state index contributed by atoms with van der Waals surface area (Å²) in [6, 6.07) is 9.20. The maximum atomic E-state index is 11.2. The third kappa shape index (κ3) is 3.10. The molecule has 1 atom stereocenters. The van der Waals surface area contributed by atoms with Gasteiger partial charge in [0.05, 0.1) is 5.56 Å². The van der Waals surface area contributed by atoms with Gasteiger partial charge in [-0.2, -0.15) is 0 Å². The quantitative estimate of drug-likeness (QED) is 0.881. The average Bonchev–Trinajstić information content (AvgIpc) is 2.41. The van der Waals surface area contributed by atoms with E-state index < -0.39 is 5.97 Å². The van der Waals surface area contributed by atoms with Crippen LogP contribution >= 0.6 is 0 Å². The number of aromatic carboxylic acids is 1. The fraction of sp³-hybridized carbons (Fsp3) is 0.200. The largest absolute Gasteiger partial charge is 0.478 e. The number of hydrogen-bond donors (Lipinski definition) is 2. The Bertz CT molecular complexity index is 582. The van der Waals surface area contributed by atoms with Crippen LogP contribution in [0.3, 0.4) is 0 Å². The molecule has 0 saturated carbocycles. The minimum absolute atomic E-state index is 0.0174. The van der Waals surface area contributed by atoms with Crippen molar-refractivity contribution < 1.29 is 9.90 Å². The first kappa shape index (κ1) is 13.1. The Hall–Kier alpha value is -2.36. The number of benzene rings is 1. The molecule has 2 rings (SSSR count). The van der Waals surface area contributed by atoms with Crippen molar-refractivity contribution in [2.24, 2.45) is 0 Å². The third-order valence-corrected chi connectivity index (χ3v) is 2.98. The molecule has 0 bridgehead atoms. The first-order chi connectivity index (χ1) is 9.08. The number of anilines is 1. The summed E-state index contributed by atoms with van der Waals surface area (Å²) >= 11 is 0. The van der Waals surface area contributed by atoms with Gasteiger partial charge in [0.2, 0.25) is 0 Å². The van der Waals surface area contributed by atoms with Gasteiger partial charge < -0.3 is 10.4 Å². The second-order valence-electron chi connectivity index (χ2n) is 4.50. The van der Waals surface area contributed by atoms with E-state index in [-0.39, 0.29) is 6.04 Å². The summed E-state index contributed by atoms with van der Waals surface area (Å²) in [6.45, 7) is 3.86. The molecule has 19 heavy (non-hydrogen) atoms. The molecule has 1 unspecified atom stereocenters. The predicted octanol–water partition coefficient (Wildman–Crippen LogP) is 3.26. The van der Waals surface area contributed by atoms with Crippen LogP contribution in [-0.4, -0.2) is 16.1 Å². The van der Waals surface area contributed by atoms with Crippen molar-refractivity contribution in [1.29, 1.82) is 0 Å². The van der Waals surface area contributed by atoms with Gasteiger partial charge in [0.15, 0.2) is 0 Å². The lowest BCUT2D eigenvalue weighted by Gasteiger charge is -2.17. The van der Waals surface area contributed by atoms with Crippen molar-refractivity contribution in [3.8, 4) is 0 Å². The molecular weight excluding hydrogens is 240 g/mol. The van der Waals surface area contributed by atoms with E-state index in [1.54, 1.807) is 24.5 Å². The number of aromatic nitrogens is 1. The van der Waals surface area contributed by atoms with E-state index in [2.05, 4.69) is 10.3 Å². The first-order valence-corrected chi connectivity index (χ1v) is 6.08. The highest BCUT2D eigenvalue weighted by Crippen LogP contribution is 2.23. The summed E-state index contributed by atoms with van der Waals surface area (Å²) < 4.78 is 0. The summed E-state index contributed by atoms with van der Waals surface area (Å²) in [7, 11) is 0. The monoisotopic (exact) mass is 256 g/mol. The lowest BCUT2D eigenvalue weighted by molar-refractivity contribution is 0.0698. The van der Waals surface area contributed by atoms with Crippen LogP contribution in [0, 0.1) is 6.92 Å². The van der Waals surface area contributed by atoms with Gasteiger partial charge in [-0.25, -0.2) is 4.79 Å². The first-order valence-electron chi connectivity index (χ1n) is 6.08. The van der Waals surface area contributed by atoms with Crippen LogP contribution in [-0.2, 0) is 0 Å². The highest BCUT2D eigenvalue weighted by atomic mass is 16.4. The maximum absolute atomic E-state index is 11.2. The van der Waals surface area contributed by atoms with Gasteiger partial charge >= 0.3 is 5.97 Å². The van der Waals surface area contributed by atoms with Crippen molar-refractivity contribution in [2.45, 2.75) is 19.9 Å². The van der Waals surface area contributed by atoms with Crippen LogP contribution in [0.15, 0.2) is 42.7 Å². The van der Waals surface area contributed by atoms with E-state index in [9.17, 15) is 9.90 Å². The van der Waals surface area contributed by atoms with Crippen molar-refractivity contribution >= 4 is 11.7 Å². The fourth-order valence-corrected chi connectivity index (χ4v) is 1.93. The minimum Gasteiger partial charge on any atom is -0.478 e. The van der Waals surface area contributed by atoms with Crippen LogP contribution < -0.4 is 5.32 Å². The maximum Gasteiger partial charge on any atom is 0.337 e. The molecule has 1 aromatic carbocycles. The third-order valence-electron chi connectivity index (χ3n) is 2.98. The Kier molecular flexibility index (Phi) is 3.80. The number of nitrogens with one attached hydrogen (secondary N) is 1. The van der Waals surface area contributed by atoms with Crippen molar-refractivity contribution in [3.05, 3.63) is 59.4 Å². The average molecular weight is 256 g/mol. The van der Waals surface area contributed by atoms with Gasteiger partial charge in [0.1, 0.15) is 0 Å². The van der Waals surface area contributed by atoms with Crippen LogP contribution in [0.5, 0.6) is 0 Å². The topological polar surface area (TPSA) is 62.2 Å². The van der Waals surface area contributed by atoms with Gasteiger partial charge in [-0.1, -0.05) is 11.6 Å². The molecule has 98 valence electrons. The van der Waals surface area contributed by atoms with Gasteiger partial charge in [0.25, 0.3) is 0 Å². The van der Waals surface area contributed by atoms with Crippen LogP contribution in [0.25, 0.3) is 0 Å². The second-order valence-corrected chi connectivity index (χ2v) is 4.50. The molecule has 0 radical (unpaired) electrons. The van der Waals surface area contributed by atoms with Crippen LogP contribution in [0.1, 0.15) is 34.5 Å². The number of carboxylic acid groups (broad SMARTS) is 1. The summed E-state index contributed by atoms with van der Waals surface area (Å²) in [4.78, 5) is 15.2. The molecule has 0 amide bonds. The number of hydrogen-bond acceptors (Lipinski definition) is 3. The lowest BCUT2D eigenvalue weighted by atomic mass is 10.1. The van der Waals surface area contributed by atoms with E-state index in [4.69, 9.17) is 0 Å². The standard InChI is InChI=1S/C15H16N2O2/c1-10-3-4-14(13(9-10)15(18)19)17-11(2)12-5-7-16-8-6-12/h3-9,11,17H,1-2H3,(H,18,19). The Balaban J connectivity index is 2.26. The normalized spacial score (nSPS) is 11.9. The molecule has 0 aliphatic rings. The second kappa shape index (κ2) is 5.52. The number of pyridine rings is 1. The highest BCUT2D eigenvalue weighted by molar-refractivity contribution is 5.94. The number of nitrogens with zero attached hydrogens (tertiary/aromatic N) is 1. The SMILES string of the molecule is Cc1ccc(NC(C)c2ccncc2)c(C(=O)O)c1. The van der Waals surface area contributed by atoms with Crippen molar-refractivity contribution in [1.82, 2.24) is 4.98 Å². The number of carboxylic acids is 1. The molecule has 4 nitrogen and oxygen atoms in total. The zero-order valence-corrected chi connectivity index (χ0v) is 10.9. The Morgan fingerprint density at radius 2 is 1.95 bits per heavy atom. The van der Waals surface area contributed by atoms with Gasteiger partial charge in [0, 0.05) is 24.1 Å². The Morgan fingerprint density at radius 1 is 1.26 bits per heavy atom. The molecular formula is C15H16N2O2. The van der Waals surface area contributed by atoms with E-state index in [1.807, 2.05) is 32.0 Å². The minimum atomic E-state index is -0.923. The summed E-state index contributed by atoms with van der Waals surface area (Å²) in [5, 5.41) is 12.5. The molecule has 0 spiro atoms. The van der Waals surface area contributed by atoms with Crippen molar-refractivity contribution in [2.75, 3.05) is 5.32 Å². The molecule has 0 aliphatic carbocycles. The number of aryl methyl sites for hydroxylation is 1. The van der Waals surface area contributed by atoms with Gasteiger partial charge in [-0.05, 0) is 43.7 Å². The fourth-order valence-electron chi connectivity index (χ4n) is 1.93. The molecule has 2 aromatic rings. The number of rotatable bonds is 4. The lowest BCUT2D eigenvalue weighted by Crippen LogP contribution is -2.11. The molecule has 2 N–H and O–H groups in total. The molecule has 0 aliphatic heterocycles. The Morgan fingerprint density at radius 3 is 2.58 bits per heavy atom.